The van der Waals surface area contributed by atoms with E-state index in [1.54, 1.807) is 0 Å². The van der Waals surface area contributed by atoms with Crippen molar-refractivity contribution in [1.82, 2.24) is 4.57 Å². The van der Waals surface area contributed by atoms with Crippen LogP contribution in [-0.2, 0) is 0 Å². The molecule has 2 nitrogen and oxygen atoms in total. The van der Waals surface area contributed by atoms with Crippen LogP contribution < -0.4 is 4.90 Å². The maximum Gasteiger partial charge on any atom is 0.0562 e. The first-order chi connectivity index (χ1) is 28.3. The minimum Gasteiger partial charge on any atom is -0.310 e. The van der Waals surface area contributed by atoms with Crippen LogP contribution in [0.15, 0.2) is 218 Å². The Morgan fingerprint density at radius 2 is 0.947 bits per heavy atom. The minimum atomic E-state index is 1.10. The summed E-state index contributed by atoms with van der Waals surface area (Å²) in [6.45, 7) is 0. The number of rotatable bonds is 7. The first kappa shape index (κ1) is 33.2. The van der Waals surface area contributed by atoms with Gasteiger partial charge in [0.2, 0.25) is 0 Å². The second-order valence-corrected chi connectivity index (χ2v) is 15.6. The van der Waals surface area contributed by atoms with Crippen molar-refractivity contribution in [2.45, 2.75) is 0 Å². The normalized spacial score (nSPS) is 11.5. The number of thiophene rings is 1. The lowest BCUT2D eigenvalue weighted by atomic mass is 9.92. The second-order valence-electron chi connectivity index (χ2n) is 14.5. The van der Waals surface area contributed by atoms with Crippen molar-refractivity contribution in [2.75, 3.05) is 4.90 Å². The van der Waals surface area contributed by atoms with E-state index in [1.807, 2.05) is 11.3 Å². The zero-order valence-electron chi connectivity index (χ0n) is 31.1. The Morgan fingerprint density at radius 1 is 0.351 bits per heavy atom. The van der Waals surface area contributed by atoms with Crippen LogP contribution in [0.2, 0.25) is 0 Å². The zero-order valence-corrected chi connectivity index (χ0v) is 31.9. The fourth-order valence-electron chi connectivity index (χ4n) is 8.67. The van der Waals surface area contributed by atoms with Crippen molar-refractivity contribution >= 4 is 70.4 Å². The molecule has 0 saturated carbocycles. The molecule has 0 N–H and O–H groups in total. The van der Waals surface area contributed by atoms with Gasteiger partial charge in [0.25, 0.3) is 0 Å². The molecule has 0 aliphatic heterocycles. The van der Waals surface area contributed by atoms with Gasteiger partial charge in [-0.1, -0.05) is 158 Å². The van der Waals surface area contributed by atoms with Gasteiger partial charge in [-0.3, -0.25) is 0 Å². The molecule has 0 atom stereocenters. The van der Waals surface area contributed by atoms with E-state index < -0.39 is 0 Å². The molecule has 0 saturated heterocycles. The van der Waals surface area contributed by atoms with Crippen molar-refractivity contribution in [1.29, 1.82) is 0 Å². The minimum absolute atomic E-state index is 1.10. The molecular weight excluding hydrogens is 709 g/mol. The molecule has 0 spiro atoms. The van der Waals surface area contributed by atoms with E-state index in [1.165, 1.54) is 69.8 Å². The molecule has 0 bridgehead atoms. The van der Waals surface area contributed by atoms with E-state index in [9.17, 15) is 0 Å². The monoisotopic (exact) mass is 744 g/mol. The quantitative estimate of drug-likeness (QED) is 0.158. The topological polar surface area (TPSA) is 8.17 Å². The molecule has 57 heavy (non-hydrogen) atoms. The van der Waals surface area contributed by atoms with Gasteiger partial charge in [-0.05, 0) is 94.0 Å². The predicted molar refractivity (Wildman–Crippen MR) is 245 cm³/mol. The van der Waals surface area contributed by atoms with Gasteiger partial charge < -0.3 is 9.47 Å². The van der Waals surface area contributed by atoms with E-state index in [0.717, 1.165) is 28.3 Å². The predicted octanol–water partition coefficient (Wildman–Crippen LogP) is 15.6. The summed E-state index contributed by atoms with van der Waals surface area (Å²) >= 11 is 1.86. The van der Waals surface area contributed by atoms with Crippen molar-refractivity contribution in [2.24, 2.45) is 0 Å². The average molecular weight is 745 g/mol. The molecule has 0 aliphatic carbocycles. The molecule has 0 aliphatic rings. The van der Waals surface area contributed by atoms with E-state index in [2.05, 4.69) is 228 Å². The number of hydrogen-bond acceptors (Lipinski definition) is 2. The van der Waals surface area contributed by atoms with Gasteiger partial charge in [0.15, 0.2) is 0 Å². The summed E-state index contributed by atoms with van der Waals surface area (Å²) < 4.78 is 5.02. The maximum absolute atomic E-state index is 2.45. The van der Waals surface area contributed by atoms with Gasteiger partial charge >= 0.3 is 0 Å². The van der Waals surface area contributed by atoms with Gasteiger partial charge in [-0.15, -0.1) is 11.3 Å². The largest absolute Gasteiger partial charge is 0.310 e. The summed E-state index contributed by atoms with van der Waals surface area (Å²) in [7, 11) is 0. The Kier molecular flexibility index (Phi) is 8.04. The Morgan fingerprint density at radius 3 is 1.74 bits per heavy atom. The Bertz CT molecular complexity index is 3220. The van der Waals surface area contributed by atoms with E-state index in [-0.39, 0.29) is 0 Å². The van der Waals surface area contributed by atoms with Gasteiger partial charge in [-0.2, -0.15) is 0 Å². The van der Waals surface area contributed by atoms with Gasteiger partial charge in [-0.25, -0.2) is 0 Å². The molecule has 11 rings (SSSR count). The third-order valence-corrected chi connectivity index (χ3v) is 12.3. The molecule has 9 aromatic carbocycles. The van der Waals surface area contributed by atoms with Gasteiger partial charge in [0.1, 0.15) is 0 Å². The molecule has 268 valence electrons. The maximum atomic E-state index is 2.45. The fourth-order valence-corrected chi connectivity index (χ4v) is 9.79. The third kappa shape index (κ3) is 5.63. The zero-order chi connectivity index (χ0) is 37.7. The summed E-state index contributed by atoms with van der Waals surface area (Å²) in [4.78, 5) is 2.45. The van der Waals surface area contributed by atoms with Crippen molar-refractivity contribution in [3.05, 3.63) is 218 Å². The summed E-state index contributed by atoms with van der Waals surface area (Å²) in [6, 6.07) is 79.4. The molecular formula is C54H36N2S. The lowest BCUT2D eigenvalue weighted by molar-refractivity contribution is 1.18. The Labute approximate surface area is 335 Å². The number of benzene rings is 9. The molecule has 11 aromatic rings. The van der Waals surface area contributed by atoms with Gasteiger partial charge in [0.05, 0.1) is 16.7 Å². The van der Waals surface area contributed by atoms with Crippen LogP contribution in [0, 0.1) is 0 Å². The molecule has 0 unspecified atom stereocenters. The second kappa shape index (κ2) is 13.8. The number of fused-ring (bicyclic) bond motifs is 6. The molecule has 0 amide bonds. The van der Waals surface area contributed by atoms with Crippen LogP contribution in [0.4, 0.5) is 17.1 Å². The van der Waals surface area contributed by atoms with Crippen LogP contribution in [-0.4, -0.2) is 4.57 Å². The third-order valence-electron chi connectivity index (χ3n) is 11.2. The van der Waals surface area contributed by atoms with Crippen molar-refractivity contribution in [3.63, 3.8) is 0 Å². The number of aromatic nitrogens is 1. The standard InChI is InChI=1S/C54H36N2S/c1-4-16-37(17-5-1)38-30-32-41(33-31-38)55(49-27-15-29-52-54(49)47-24-12-13-28-51(47)57-52)42-34-35-46-50(36-42)56(40-20-8-3-9-21-40)48-26-14-25-45(53(46)48)44-23-11-10-22-43(44)39-18-6-2-7-19-39/h1-36H. The van der Waals surface area contributed by atoms with Crippen molar-refractivity contribution in [3.8, 4) is 39.1 Å². The number of nitrogens with zero attached hydrogens (tertiary/aromatic N) is 2. The van der Waals surface area contributed by atoms with E-state index >= 15 is 0 Å². The molecule has 0 radical (unpaired) electrons. The van der Waals surface area contributed by atoms with Crippen molar-refractivity contribution < 1.29 is 0 Å². The molecule has 3 heteroatoms. The number of para-hydroxylation sites is 1. The highest BCUT2D eigenvalue weighted by Gasteiger charge is 2.22. The lowest BCUT2D eigenvalue weighted by Crippen LogP contribution is -2.10. The number of anilines is 3. The Hall–Kier alpha value is -7.20. The molecule has 2 aromatic heterocycles. The highest BCUT2D eigenvalue weighted by atomic mass is 32.1. The highest BCUT2D eigenvalue weighted by molar-refractivity contribution is 7.26. The van der Waals surface area contributed by atoms with Crippen LogP contribution >= 0.6 is 11.3 Å². The van der Waals surface area contributed by atoms with Gasteiger partial charge in [0, 0.05) is 48.0 Å². The van der Waals surface area contributed by atoms with Crippen LogP contribution in [0.1, 0.15) is 0 Å². The summed E-state index contributed by atoms with van der Waals surface area (Å²) in [5.41, 5.74) is 14.1. The van der Waals surface area contributed by atoms with Crippen LogP contribution in [0.5, 0.6) is 0 Å². The first-order valence-corrected chi connectivity index (χ1v) is 20.3. The summed E-state index contributed by atoms with van der Waals surface area (Å²) in [5, 5.41) is 5.01. The molecule has 0 fully saturated rings. The Balaban J connectivity index is 1.18. The average Bonchev–Trinajstić information content (AvgIpc) is 3.84. The van der Waals surface area contributed by atoms with E-state index in [4.69, 9.17) is 0 Å². The van der Waals surface area contributed by atoms with E-state index in [0.29, 0.717) is 0 Å². The van der Waals surface area contributed by atoms with Crippen LogP contribution in [0.3, 0.4) is 0 Å². The smallest absolute Gasteiger partial charge is 0.0562 e. The number of hydrogen-bond donors (Lipinski definition) is 0. The lowest BCUT2D eigenvalue weighted by Gasteiger charge is -2.27. The fraction of sp³-hybridized carbons (Fsp3) is 0. The molecule has 2 heterocycles. The van der Waals surface area contributed by atoms with Crippen LogP contribution in [0.25, 0.3) is 81.0 Å². The SMILES string of the molecule is c1ccc(-c2ccc(N(c3ccc4c5c(-c6ccccc6-c6ccccc6)cccc5n(-c5ccccc5)c4c3)c3cccc4sc5ccccc5c34)cc2)cc1. The summed E-state index contributed by atoms with van der Waals surface area (Å²) in [5.74, 6) is 0. The first-order valence-electron chi connectivity index (χ1n) is 19.4. The highest BCUT2D eigenvalue weighted by Crippen LogP contribution is 2.47. The summed E-state index contributed by atoms with van der Waals surface area (Å²) in [6.07, 6.45) is 0.